The lowest BCUT2D eigenvalue weighted by Crippen LogP contribution is -2.30. The predicted molar refractivity (Wildman–Crippen MR) is 75.1 cm³/mol. The Balaban J connectivity index is 1.97. The van der Waals surface area contributed by atoms with E-state index in [1.165, 1.54) is 10.9 Å². The zero-order valence-corrected chi connectivity index (χ0v) is 12.6. The van der Waals surface area contributed by atoms with E-state index in [4.69, 9.17) is 5.11 Å². The first-order chi connectivity index (χ1) is 9.86. The number of aryl methyl sites for hydroxylation is 2. The van der Waals surface area contributed by atoms with Gasteiger partial charge in [0.1, 0.15) is 6.54 Å². The predicted octanol–water partition coefficient (Wildman–Crippen LogP) is 0.927. The summed E-state index contributed by atoms with van der Waals surface area (Å²) >= 11 is 1.54. The van der Waals surface area contributed by atoms with E-state index in [2.05, 4.69) is 20.6 Å². The van der Waals surface area contributed by atoms with Gasteiger partial charge in [0.25, 0.3) is 0 Å². The fourth-order valence-electron chi connectivity index (χ4n) is 1.92. The molecule has 0 bridgehead atoms. The van der Waals surface area contributed by atoms with Gasteiger partial charge in [-0.15, -0.1) is 16.4 Å². The van der Waals surface area contributed by atoms with Gasteiger partial charge in [0.15, 0.2) is 5.69 Å². The summed E-state index contributed by atoms with van der Waals surface area (Å²) in [4.78, 5) is 27.9. The molecular weight excluding hydrogens is 294 g/mol. The fourth-order valence-corrected chi connectivity index (χ4v) is 2.85. The van der Waals surface area contributed by atoms with Gasteiger partial charge in [-0.2, -0.15) is 0 Å². The molecule has 2 aromatic rings. The highest BCUT2D eigenvalue weighted by molar-refractivity contribution is 7.11. The molecule has 0 aliphatic rings. The first-order valence-corrected chi connectivity index (χ1v) is 7.05. The van der Waals surface area contributed by atoms with Gasteiger partial charge in [-0.3, -0.25) is 4.79 Å². The second kappa shape index (κ2) is 6.00. The zero-order valence-electron chi connectivity index (χ0n) is 11.8. The Labute approximate surface area is 124 Å². The van der Waals surface area contributed by atoms with Crippen molar-refractivity contribution in [2.24, 2.45) is 0 Å². The van der Waals surface area contributed by atoms with Crippen LogP contribution in [0.15, 0.2) is 6.20 Å². The molecule has 1 atom stereocenters. The summed E-state index contributed by atoms with van der Waals surface area (Å²) in [6, 6.07) is -0.161. The molecule has 8 nitrogen and oxygen atoms in total. The minimum atomic E-state index is -1.18. The van der Waals surface area contributed by atoms with E-state index in [-0.39, 0.29) is 24.2 Å². The number of aromatic carboxylic acids is 1. The monoisotopic (exact) mass is 309 g/mol. The summed E-state index contributed by atoms with van der Waals surface area (Å²) in [5.74, 6) is -1.44. The van der Waals surface area contributed by atoms with Crippen LogP contribution in [0.25, 0.3) is 0 Å². The number of rotatable bonds is 5. The lowest BCUT2D eigenvalue weighted by Gasteiger charge is -2.12. The molecule has 9 heteroatoms. The molecule has 0 aromatic carbocycles. The number of carboxylic acid groups (broad SMARTS) is 1. The van der Waals surface area contributed by atoms with E-state index in [0.29, 0.717) is 0 Å². The lowest BCUT2D eigenvalue weighted by molar-refractivity contribution is -0.122. The molecule has 0 radical (unpaired) electrons. The number of aromatic nitrogens is 4. The number of nitrogens with one attached hydrogen (secondary N) is 1. The number of carbonyl (C=O) groups excluding carboxylic acids is 1. The molecule has 0 spiro atoms. The largest absolute Gasteiger partial charge is 0.476 e. The summed E-state index contributed by atoms with van der Waals surface area (Å²) < 4.78 is 1.19. The van der Waals surface area contributed by atoms with Gasteiger partial charge < -0.3 is 10.4 Å². The van der Waals surface area contributed by atoms with Crippen LogP contribution in [-0.4, -0.2) is 37.0 Å². The van der Waals surface area contributed by atoms with E-state index >= 15 is 0 Å². The summed E-state index contributed by atoms with van der Waals surface area (Å²) in [7, 11) is 0. The number of hydrogen-bond donors (Lipinski definition) is 2. The van der Waals surface area contributed by atoms with Crippen molar-refractivity contribution in [3.63, 3.8) is 0 Å². The molecule has 0 aliphatic heterocycles. The van der Waals surface area contributed by atoms with Crippen molar-refractivity contribution >= 4 is 23.2 Å². The Kier molecular flexibility index (Phi) is 4.32. The number of amides is 1. The zero-order chi connectivity index (χ0) is 15.6. The molecule has 21 heavy (non-hydrogen) atoms. The van der Waals surface area contributed by atoms with Gasteiger partial charge >= 0.3 is 5.97 Å². The Hall–Kier alpha value is -2.29. The van der Waals surface area contributed by atoms with Crippen molar-refractivity contribution in [1.29, 1.82) is 0 Å². The van der Waals surface area contributed by atoms with Crippen molar-refractivity contribution in [2.45, 2.75) is 33.4 Å². The molecule has 0 fully saturated rings. The van der Waals surface area contributed by atoms with Crippen molar-refractivity contribution in [2.75, 3.05) is 0 Å². The second-order valence-corrected chi connectivity index (χ2v) is 5.81. The van der Waals surface area contributed by atoms with Gasteiger partial charge in [0.2, 0.25) is 5.91 Å². The summed E-state index contributed by atoms with van der Waals surface area (Å²) in [5.41, 5.74) is 0.712. The first-order valence-electron chi connectivity index (χ1n) is 6.23. The highest BCUT2D eigenvalue weighted by atomic mass is 32.1. The van der Waals surface area contributed by atoms with Gasteiger partial charge in [-0.25, -0.2) is 14.5 Å². The molecule has 112 valence electrons. The molecule has 2 rings (SSSR count). The minimum absolute atomic E-state index is 0.0819. The molecule has 2 aromatic heterocycles. The number of carbonyl (C=O) groups is 2. The third kappa shape index (κ3) is 3.63. The van der Waals surface area contributed by atoms with Gasteiger partial charge in [0, 0.05) is 4.88 Å². The second-order valence-electron chi connectivity index (χ2n) is 4.58. The number of thiazole rings is 1. The number of carboxylic acids is 1. The van der Waals surface area contributed by atoms with Crippen LogP contribution in [0.1, 0.15) is 39.0 Å². The maximum atomic E-state index is 11.9. The molecule has 2 heterocycles. The third-order valence-electron chi connectivity index (χ3n) is 2.77. The van der Waals surface area contributed by atoms with E-state index in [9.17, 15) is 9.59 Å². The summed E-state index contributed by atoms with van der Waals surface area (Å²) in [5, 5.41) is 19.6. The van der Waals surface area contributed by atoms with Gasteiger partial charge in [0.05, 0.1) is 22.9 Å². The van der Waals surface area contributed by atoms with Crippen molar-refractivity contribution in [1.82, 2.24) is 25.3 Å². The minimum Gasteiger partial charge on any atom is -0.476 e. The smallest absolute Gasteiger partial charge is 0.358 e. The topological polar surface area (TPSA) is 110 Å². The van der Waals surface area contributed by atoms with Gasteiger partial charge in [-0.05, 0) is 20.8 Å². The average molecular weight is 309 g/mol. The Morgan fingerprint density at radius 1 is 1.48 bits per heavy atom. The van der Waals surface area contributed by atoms with Crippen molar-refractivity contribution in [3.05, 3.63) is 27.5 Å². The Bertz CT molecular complexity index is 678. The number of hydrogen-bond acceptors (Lipinski definition) is 6. The number of nitrogens with zero attached hydrogens (tertiary/aromatic N) is 4. The summed E-state index contributed by atoms with van der Waals surface area (Å²) in [6.07, 6.45) is 1.22. The lowest BCUT2D eigenvalue weighted by atomic mass is 10.2. The standard InChI is InChI=1S/C12H15N5O3S/c1-6-11(21-8(3)13-6)7(2)14-10(18)5-17-4-9(12(19)20)15-16-17/h4,7H,5H2,1-3H3,(H,14,18)(H,19,20). The van der Waals surface area contributed by atoms with Crippen LogP contribution in [-0.2, 0) is 11.3 Å². The highest BCUT2D eigenvalue weighted by Gasteiger charge is 2.16. The van der Waals surface area contributed by atoms with E-state index in [1.54, 1.807) is 11.3 Å². The van der Waals surface area contributed by atoms with Crippen LogP contribution < -0.4 is 5.32 Å². The first kappa shape index (κ1) is 15.1. The maximum absolute atomic E-state index is 11.9. The highest BCUT2D eigenvalue weighted by Crippen LogP contribution is 2.24. The van der Waals surface area contributed by atoms with E-state index in [1.807, 2.05) is 20.8 Å². The fraction of sp³-hybridized carbons (Fsp3) is 0.417. The molecule has 1 unspecified atom stereocenters. The quantitative estimate of drug-likeness (QED) is 0.850. The average Bonchev–Trinajstić information content (AvgIpc) is 2.95. The van der Waals surface area contributed by atoms with Crippen LogP contribution in [0.2, 0.25) is 0 Å². The van der Waals surface area contributed by atoms with Crippen LogP contribution in [0.4, 0.5) is 0 Å². The van der Waals surface area contributed by atoms with Crippen LogP contribution in [0.3, 0.4) is 0 Å². The molecule has 0 aliphatic carbocycles. The third-order valence-corrected chi connectivity index (χ3v) is 4.03. The Morgan fingerprint density at radius 2 is 2.19 bits per heavy atom. The van der Waals surface area contributed by atoms with E-state index < -0.39 is 5.97 Å². The van der Waals surface area contributed by atoms with Crippen LogP contribution in [0.5, 0.6) is 0 Å². The van der Waals surface area contributed by atoms with Crippen LogP contribution in [0, 0.1) is 13.8 Å². The van der Waals surface area contributed by atoms with Gasteiger partial charge in [-0.1, -0.05) is 5.21 Å². The molecule has 2 N–H and O–H groups in total. The molecule has 1 amide bonds. The Morgan fingerprint density at radius 3 is 2.71 bits per heavy atom. The molecular formula is C12H15N5O3S. The molecule has 0 saturated heterocycles. The normalized spacial score (nSPS) is 12.1. The molecule has 0 saturated carbocycles. The van der Waals surface area contributed by atoms with Crippen molar-refractivity contribution < 1.29 is 14.7 Å². The summed E-state index contributed by atoms with van der Waals surface area (Å²) in [6.45, 7) is 5.61. The SMILES string of the molecule is Cc1nc(C)c(C(C)NC(=O)Cn2cc(C(=O)O)nn2)s1. The van der Waals surface area contributed by atoms with Crippen LogP contribution >= 0.6 is 11.3 Å². The maximum Gasteiger partial charge on any atom is 0.358 e. The van der Waals surface area contributed by atoms with Crippen molar-refractivity contribution in [3.8, 4) is 0 Å². The van der Waals surface area contributed by atoms with E-state index in [0.717, 1.165) is 15.6 Å².